The van der Waals surface area contributed by atoms with Gasteiger partial charge in [0.1, 0.15) is 5.52 Å². The van der Waals surface area contributed by atoms with E-state index >= 15 is 0 Å². The van der Waals surface area contributed by atoms with E-state index in [1.54, 1.807) is 6.07 Å². The van der Waals surface area contributed by atoms with Crippen molar-refractivity contribution in [1.29, 1.82) is 0 Å². The van der Waals surface area contributed by atoms with E-state index < -0.39 is 5.97 Å². The Hall–Kier alpha value is -1.91. The molecule has 0 atom stereocenters. The van der Waals surface area contributed by atoms with E-state index in [4.69, 9.17) is 9.52 Å². The number of fused-ring (bicyclic) bond motifs is 1. The number of nitrogens with zero attached hydrogens (tertiary/aromatic N) is 2. The highest BCUT2D eigenvalue weighted by atomic mass is 16.4. The smallest absolute Gasteiger partial charge is 0.354 e. The summed E-state index contributed by atoms with van der Waals surface area (Å²) in [6, 6.07) is 2.93. The lowest BCUT2D eigenvalue weighted by atomic mass is 10.3. The number of carboxylic acid groups (broad SMARTS) is 1. The molecule has 0 aromatic carbocycles. The molecule has 2 heterocycles. The van der Waals surface area contributed by atoms with Crippen LogP contribution in [-0.2, 0) is 0 Å². The number of carbonyl (C=O) groups is 1. The summed E-state index contributed by atoms with van der Waals surface area (Å²) in [7, 11) is 0. The summed E-state index contributed by atoms with van der Waals surface area (Å²) in [4.78, 5) is 17.9. The Bertz CT molecular complexity index is 435. The number of pyridine rings is 1. The lowest BCUT2D eigenvalue weighted by Crippen LogP contribution is -1.98. The van der Waals surface area contributed by atoms with Crippen molar-refractivity contribution in [3.8, 4) is 0 Å². The first-order valence-electron chi connectivity index (χ1n) is 3.21. The van der Waals surface area contributed by atoms with Crippen molar-refractivity contribution >= 4 is 17.2 Å². The van der Waals surface area contributed by atoms with E-state index in [0.717, 1.165) is 0 Å². The van der Waals surface area contributed by atoms with Gasteiger partial charge in [-0.05, 0) is 12.1 Å². The van der Waals surface area contributed by atoms with Gasteiger partial charge in [-0.15, -0.1) is 0 Å². The molecule has 60 valence electrons. The van der Waals surface area contributed by atoms with Crippen molar-refractivity contribution in [3.05, 3.63) is 24.2 Å². The fourth-order valence-electron chi connectivity index (χ4n) is 0.870. The molecule has 0 fully saturated rings. The van der Waals surface area contributed by atoms with E-state index in [-0.39, 0.29) is 11.4 Å². The highest BCUT2D eigenvalue weighted by Gasteiger charge is 2.06. The van der Waals surface area contributed by atoms with Crippen LogP contribution in [-0.4, -0.2) is 21.0 Å². The summed E-state index contributed by atoms with van der Waals surface area (Å²) in [5.74, 6) is -1.08. The predicted octanol–water partition coefficient (Wildman–Crippen LogP) is 0.921. The van der Waals surface area contributed by atoms with Gasteiger partial charge in [0.25, 0.3) is 0 Å². The monoisotopic (exact) mass is 164 g/mol. The van der Waals surface area contributed by atoms with Crippen molar-refractivity contribution in [3.63, 3.8) is 0 Å². The zero-order valence-corrected chi connectivity index (χ0v) is 5.89. The number of hydrogen-bond donors (Lipinski definition) is 1. The largest absolute Gasteiger partial charge is 0.477 e. The third-order valence-corrected chi connectivity index (χ3v) is 1.42. The van der Waals surface area contributed by atoms with Gasteiger partial charge in [0, 0.05) is 0 Å². The lowest BCUT2D eigenvalue weighted by molar-refractivity contribution is 0.0690. The normalized spacial score (nSPS) is 10.3. The molecule has 0 spiro atoms. The van der Waals surface area contributed by atoms with Crippen molar-refractivity contribution in [2.75, 3.05) is 0 Å². The fraction of sp³-hybridized carbons (Fsp3) is 0. The Kier molecular flexibility index (Phi) is 1.30. The van der Waals surface area contributed by atoms with Gasteiger partial charge in [-0.1, -0.05) is 0 Å². The van der Waals surface area contributed by atoms with E-state index in [0.29, 0.717) is 5.52 Å². The van der Waals surface area contributed by atoms with Crippen LogP contribution in [0.5, 0.6) is 0 Å². The zero-order valence-electron chi connectivity index (χ0n) is 5.89. The van der Waals surface area contributed by atoms with Crippen molar-refractivity contribution in [2.24, 2.45) is 0 Å². The SMILES string of the molecule is O=C(O)c1ccc2ncoc2n1. The highest BCUT2D eigenvalue weighted by molar-refractivity contribution is 5.87. The van der Waals surface area contributed by atoms with Gasteiger partial charge in [0.15, 0.2) is 12.1 Å². The van der Waals surface area contributed by atoms with E-state index in [1.165, 1.54) is 12.5 Å². The quantitative estimate of drug-likeness (QED) is 0.678. The average Bonchev–Trinajstić information content (AvgIpc) is 2.49. The molecule has 0 unspecified atom stereocenters. The minimum Gasteiger partial charge on any atom is -0.477 e. The summed E-state index contributed by atoms with van der Waals surface area (Å²) in [5, 5.41) is 8.56. The second kappa shape index (κ2) is 2.30. The van der Waals surface area contributed by atoms with Crippen LogP contribution in [0.4, 0.5) is 0 Å². The molecule has 0 bridgehead atoms. The number of aromatic nitrogens is 2. The Labute approximate surface area is 66.7 Å². The highest BCUT2D eigenvalue weighted by Crippen LogP contribution is 2.09. The second-order valence-corrected chi connectivity index (χ2v) is 2.18. The molecule has 2 rings (SSSR count). The Morgan fingerprint density at radius 2 is 2.33 bits per heavy atom. The van der Waals surface area contributed by atoms with Crippen molar-refractivity contribution in [2.45, 2.75) is 0 Å². The molecule has 0 aliphatic carbocycles. The molecule has 1 N–H and O–H groups in total. The Balaban J connectivity index is 2.68. The minimum absolute atomic E-state index is 0.0424. The van der Waals surface area contributed by atoms with Crippen molar-refractivity contribution < 1.29 is 14.3 Å². The molecule has 5 heteroatoms. The maximum absolute atomic E-state index is 10.4. The average molecular weight is 164 g/mol. The first kappa shape index (κ1) is 6.78. The Morgan fingerprint density at radius 3 is 3.08 bits per heavy atom. The van der Waals surface area contributed by atoms with Crippen LogP contribution >= 0.6 is 0 Å². The van der Waals surface area contributed by atoms with Crippen LogP contribution in [0.2, 0.25) is 0 Å². The molecule has 5 nitrogen and oxygen atoms in total. The summed E-state index contributed by atoms with van der Waals surface area (Å²) in [6.07, 6.45) is 1.23. The van der Waals surface area contributed by atoms with Gasteiger partial charge in [-0.2, -0.15) is 0 Å². The topological polar surface area (TPSA) is 76.2 Å². The molecule has 2 aromatic heterocycles. The molecule has 2 aromatic rings. The van der Waals surface area contributed by atoms with Crippen LogP contribution in [0, 0.1) is 0 Å². The molecule has 0 amide bonds. The minimum atomic E-state index is -1.08. The first-order valence-corrected chi connectivity index (χ1v) is 3.21. The number of rotatable bonds is 1. The number of hydrogen-bond acceptors (Lipinski definition) is 4. The van der Waals surface area contributed by atoms with E-state index in [2.05, 4.69) is 9.97 Å². The molecule has 12 heavy (non-hydrogen) atoms. The maximum Gasteiger partial charge on any atom is 0.354 e. The van der Waals surface area contributed by atoms with Gasteiger partial charge in [0.05, 0.1) is 0 Å². The molecule has 0 aliphatic rings. The van der Waals surface area contributed by atoms with Crippen LogP contribution in [0.1, 0.15) is 10.5 Å². The number of oxazole rings is 1. The molecule has 0 aliphatic heterocycles. The van der Waals surface area contributed by atoms with Gasteiger partial charge < -0.3 is 9.52 Å². The van der Waals surface area contributed by atoms with E-state index in [9.17, 15) is 4.79 Å². The third kappa shape index (κ3) is 0.914. The van der Waals surface area contributed by atoms with E-state index in [1.807, 2.05) is 0 Å². The van der Waals surface area contributed by atoms with Gasteiger partial charge in [-0.3, -0.25) is 0 Å². The summed E-state index contributed by atoms with van der Waals surface area (Å²) >= 11 is 0. The van der Waals surface area contributed by atoms with Crippen LogP contribution in [0.15, 0.2) is 22.9 Å². The zero-order chi connectivity index (χ0) is 8.55. The maximum atomic E-state index is 10.4. The summed E-state index contributed by atoms with van der Waals surface area (Å²) in [6.45, 7) is 0. The lowest BCUT2D eigenvalue weighted by Gasteiger charge is -1.90. The van der Waals surface area contributed by atoms with Gasteiger partial charge in [-0.25, -0.2) is 14.8 Å². The molecular weight excluding hydrogens is 160 g/mol. The first-order chi connectivity index (χ1) is 5.77. The summed E-state index contributed by atoms with van der Waals surface area (Å²) < 4.78 is 4.82. The standard InChI is InChI=1S/C7H4N2O3/c10-7(11)5-2-1-4-6(9-5)12-3-8-4/h1-3H,(H,10,11). The predicted molar refractivity (Wildman–Crippen MR) is 38.8 cm³/mol. The second-order valence-electron chi connectivity index (χ2n) is 2.18. The molecular formula is C7H4N2O3. The van der Waals surface area contributed by atoms with Crippen molar-refractivity contribution in [1.82, 2.24) is 9.97 Å². The molecule has 0 radical (unpaired) electrons. The summed E-state index contributed by atoms with van der Waals surface area (Å²) in [5.41, 5.74) is 0.758. The van der Waals surface area contributed by atoms with Gasteiger partial charge >= 0.3 is 5.97 Å². The number of carboxylic acids is 1. The van der Waals surface area contributed by atoms with Crippen LogP contribution in [0.3, 0.4) is 0 Å². The van der Waals surface area contributed by atoms with Crippen LogP contribution < -0.4 is 0 Å². The fourth-order valence-corrected chi connectivity index (χ4v) is 0.870. The van der Waals surface area contributed by atoms with Crippen LogP contribution in [0.25, 0.3) is 11.2 Å². The molecule has 0 saturated carbocycles. The van der Waals surface area contributed by atoms with Gasteiger partial charge in [0.2, 0.25) is 5.71 Å². The third-order valence-electron chi connectivity index (χ3n) is 1.42. The molecule has 0 saturated heterocycles. The Morgan fingerprint density at radius 1 is 1.50 bits per heavy atom. The number of aromatic carboxylic acids is 1.